The van der Waals surface area contributed by atoms with Gasteiger partial charge in [0.15, 0.2) is 5.79 Å². The summed E-state index contributed by atoms with van der Waals surface area (Å²) in [6.07, 6.45) is 2.11. The molecule has 1 heterocycles. The molecular weight excluding hydrogens is 704 g/mol. The van der Waals surface area contributed by atoms with Crippen LogP contribution in [0.4, 0.5) is 0 Å². The molecule has 1 fully saturated rings. The van der Waals surface area contributed by atoms with Crippen molar-refractivity contribution in [1.29, 1.82) is 0 Å². The molecule has 0 spiro atoms. The standard InChI is InChI=1S/C31H32O2P2.3ClH.NO.Ru/c1-31(2)32-29(23-34(25-15-7-3-8-16-25)26-17-9-4-10-18-26)30(33-31)24-35(27-19-11-5-12-20-27)28-21-13-6-14-22-28;;;;1-2;/h3-22,29-30H,23-24H2,1-2H3;3*1H;;/q;;;;-1;+3/p-1. The van der Waals surface area contributed by atoms with Crippen molar-refractivity contribution in [2.24, 2.45) is 0 Å². The van der Waals surface area contributed by atoms with Crippen LogP contribution in [0.2, 0.25) is 0 Å². The third-order valence-electron chi connectivity index (χ3n) is 6.58. The maximum Gasteiger partial charge on any atom is -0.423 e. The Kier molecular flexibility index (Phi) is 14.8. The molecule has 0 amide bonds. The van der Waals surface area contributed by atoms with E-state index in [1.54, 1.807) is 0 Å². The summed E-state index contributed by atoms with van der Waals surface area (Å²) >= 11 is -1.75. The van der Waals surface area contributed by atoms with Crippen LogP contribution in [0.1, 0.15) is 13.8 Å². The van der Waals surface area contributed by atoms with Gasteiger partial charge in [0.2, 0.25) is 0 Å². The van der Waals surface area contributed by atoms with Crippen LogP contribution in [0.25, 0.3) is 5.59 Å². The van der Waals surface area contributed by atoms with Crippen molar-refractivity contribution in [3.8, 4) is 0 Å². The van der Waals surface area contributed by atoms with Crippen LogP contribution in [0.5, 0.6) is 0 Å². The third kappa shape index (κ3) is 11.1. The zero-order valence-electron chi connectivity index (χ0n) is 22.8. The van der Waals surface area contributed by atoms with E-state index in [0.717, 1.165) is 12.3 Å². The monoisotopic (exact) mass is 737 g/mol. The topological polar surface area (TPSA) is 57.8 Å². The Morgan fingerprint density at radius 2 is 0.805 bits per heavy atom. The van der Waals surface area contributed by atoms with Crippen molar-refractivity contribution in [3.63, 3.8) is 0 Å². The van der Waals surface area contributed by atoms with Crippen LogP contribution < -0.4 is 21.2 Å². The quantitative estimate of drug-likeness (QED) is 0.138. The summed E-state index contributed by atoms with van der Waals surface area (Å²) in [6.45, 7) is 4.13. The SMILES string of the molecule is CC1(C)OC(C[PH+](c2ccccc2)c2ccccc2)C(C[PH+](c2ccccc2)c2ccccc2)O1.[Cl][Ru]([Cl])[Cl].[N-]=O. The van der Waals surface area contributed by atoms with E-state index < -0.39 is 34.6 Å². The average Bonchev–Trinajstić information content (AvgIpc) is 3.29. The van der Waals surface area contributed by atoms with Crippen LogP contribution >= 0.6 is 44.9 Å². The number of halogens is 3. The van der Waals surface area contributed by atoms with Gasteiger partial charge in [-0.05, 0) is 62.4 Å². The number of benzene rings is 4. The first-order valence-electron chi connectivity index (χ1n) is 13.0. The molecule has 2 unspecified atom stereocenters. The molecule has 0 N–H and O–H groups in total. The van der Waals surface area contributed by atoms with Gasteiger partial charge in [0.05, 0.1) is 49.4 Å². The van der Waals surface area contributed by atoms with Gasteiger partial charge >= 0.3 is 42.1 Å². The summed E-state index contributed by atoms with van der Waals surface area (Å²) in [7, 11) is 12.8. The third-order valence-corrected chi connectivity index (χ3v) is 12.3. The van der Waals surface area contributed by atoms with E-state index in [-0.39, 0.29) is 12.2 Å². The maximum absolute atomic E-state index is 7.25. The van der Waals surface area contributed by atoms with Crippen molar-refractivity contribution in [2.45, 2.75) is 31.8 Å². The van der Waals surface area contributed by atoms with E-state index in [1.165, 1.54) is 21.2 Å². The van der Waals surface area contributed by atoms with Gasteiger partial charge in [-0.1, -0.05) is 72.8 Å². The minimum absolute atomic E-state index is 0.0618. The van der Waals surface area contributed by atoms with Gasteiger partial charge in [-0.3, -0.25) is 0 Å². The number of nitrogens with zero attached hydrogens (tertiary/aromatic N) is 1. The minimum Gasteiger partial charge on any atom is -0.577 e. The smallest absolute Gasteiger partial charge is 0.423 e. The van der Waals surface area contributed by atoms with E-state index in [9.17, 15) is 0 Å². The van der Waals surface area contributed by atoms with Gasteiger partial charge in [0, 0.05) is 0 Å². The Morgan fingerprint density at radius 3 is 1.02 bits per heavy atom. The summed E-state index contributed by atoms with van der Waals surface area (Å²) in [6, 6.07) is 43.9. The fourth-order valence-electron chi connectivity index (χ4n) is 5.02. The van der Waals surface area contributed by atoms with Gasteiger partial charge < -0.3 is 20.0 Å². The van der Waals surface area contributed by atoms with Crippen molar-refractivity contribution in [1.82, 2.24) is 0 Å². The minimum atomic E-state index is -1.75. The molecule has 2 atom stereocenters. The predicted molar refractivity (Wildman–Crippen MR) is 179 cm³/mol. The summed E-state index contributed by atoms with van der Waals surface area (Å²) in [5, 5.41) is 5.69. The molecule has 4 nitrogen and oxygen atoms in total. The van der Waals surface area contributed by atoms with E-state index in [2.05, 4.69) is 135 Å². The molecule has 1 saturated heterocycles. The van der Waals surface area contributed by atoms with Crippen LogP contribution in [-0.2, 0) is 22.5 Å². The van der Waals surface area contributed by atoms with Crippen molar-refractivity contribution >= 4 is 66.1 Å². The first kappa shape index (κ1) is 34.2. The van der Waals surface area contributed by atoms with Gasteiger partial charge in [-0.25, -0.2) is 0 Å². The number of ether oxygens (including phenoxy) is 2. The summed E-state index contributed by atoms with van der Waals surface area (Å²) < 4.78 is 13.3. The second kappa shape index (κ2) is 17.8. The van der Waals surface area contributed by atoms with Crippen molar-refractivity contribution in [3.05, 3.63) is 132 Å². The summed E-state index contributed by atoms with van der Waals surface area (Å²) in [5.41, 5.74) is 5.75. The molecule has 10 heteroatoms. The van der Waals surface area contributed by atoms with E-state index in [0.29, 0.717) is 0 Å². The number of hydrogen-bond acceptors (Lipinski definition) is 3. The van der Waals surface area contributed by atoms with E-state index in [1.807, 2.05) is 0 Å². The zero-order chi connectivity index (χ0) is 29.7. The fraction of sp³-hybridized carbons (Fsp3) is 0.226. The number of nitroso groups, excluding NO2 is 1. The first-order chi connectivity index (χ1) is 19.8. The maximum atomic E-state index is 7.25. The zero-order valence-corrected chi connectivity index (χ0v) is 28.8. The normalized spacial score (nSPS) is 17.7. The summed E-state index contributed by atoms with van der Waals surface area (Å²) in [5.74, 6) is -0.573. The van der Waals surface area contributed by atoms with Gasteiger partial charge in [-0.2, -0.15) is 0 Å². The van der Waals surface area contributed by atoms with Crippen molar-refractivity contribution < 1.29 is 22.5 Å². The summed E-state index contributed by atoms with van der Waals surface area (Å²) in [4.78, 5) is 7.25. The molecule has 1 aliphatic heterocycles. The molecule has 219 valence electrons. The Labute approximate surface area is 263 Å². The molecule has 0 aromatic heterocycles. The largest absolute Gasteiger partial charge is 0.577 e. The Balaban J connectivity index is 0.000000710. The molecule has 4 aromatic rings. The first-order valence-corrected chi connectivity index (χ1v) is 23.1. The van der Waals surface area contributed by atoms with Crippen molar-refractivity contribution in [2.75, 3.05) is 12.3 Å². The van der Waals surface area contributed by atoms with Crippen LogP contribution in [0.15, 0.2) is 121 Å². The Morgan fingerprint density at radius 1 is 0.585 bits per heavy atom. The van der Waals surface area contributed by atoms with E-state index >= 15 is 0 Å². The molecule has 0 saturated carbocycles. The number of rotatable bonds is 8. The van der Waals surface area contributed by atoms with Crippen LogP contribution in [-0.4, -0.2) is 30.3 Å². The van der Waals surface area contributed by atoms with Crippen LogP contribution in [0, 0.1) is 4.91 Å². The van der Waals surface area contributed by atoms with Crippen LogP contribution in [0.3, 0.4) is 0 Å². The van der Waals surface area contributed by atoms with Gasteiger partial charge in [-0.15, -0.1) is 0 Å². The fourth-order valence-corrected chi connectivity index (χ4v) is 10.5. The molecule has 1 aliphatic rings. The molecule has 41 heavy (non-hydrogen) atoms. The average molecular weight is 738 g/mol. The Hall–Kier alpha value is -1.25. The van der Waals surface area contributed by atoms with Gasteiger partial charge in [0.1, 0.15) is 12.2 Å². The van der Waals surface area contributed by atoms with Gasteiger partial charge in [0.25, 0.3) is 0 Å². The second-order valence-corrected chi connectivity index (χ2v) is 22.6. The number of hydrogen-bond donors (Lipinski definition) is 0. The molecule has 0 radical (unpaired) electrons. The molecular formula is C31H34Cl3NO3P2Ru+. The predicted octanol–water partition coefficient (Wildman–Crippen LogP) is 7.63. The molecule has 0 bridgehead atoms. The van der Waals surface area contributed by atoms with E-state index in [4.69, 9.17) is 49.0 Å². The molecule has 0 aliphatic carbocycles. The second-order valence-electron chi connectivity index (χ2n) is 9.69. The molecule has 4 aromatic carbocycles. The Bertz CT molecular complexity index is 1100. The molecule has 5 rings (SSSR count).